The molecule has 0 saturated carbocycles. The second-order valence-electron chi connectivity index (χ2n) is 4.13. The van der Waals surface area contributed by atoms with Crippen molar-refractivity contribution >= 4 is 17.4 Å². The summed E-state index contributed by atoms with van der Waals surface area (Å²) in [6, 6.07) is 8.88. The minimum Gasteiger partial charge on any atom is -0.496 e. The molecular formula is C15H12ClFO2. The Balaban J connectivity index is 2.55. The number of aryl methyl sites for hydroxylation is 1. The number of ether oxygens (including phenoxy) is 1. The molecule has 0 fully saturated rings. The van der Waals surface area contributed by atoms with Crippen LogP contribution in [-0.4, -0.2) is 12.9 Å². The summed E-state index contributed by atoms with van der Waals surface area (Å²) in [6.07, 6.45) is 0. The number of hydrogen-bond donors (Lipinski definition) is 0. The van der Waals surface area contributed by atoms with Gasteiger partial charge in [0, 0.05) is 10.6 Å². The van der Waals surface area contributed by atoms with Gasteiger partial charge < -0.3 is 4.74 Å². The van der Waals surface area contributed by atoms with E-state index < -0.39 is 5.82 Å². The Morgan fingerprint density at radius 1 is 1.16 bits per heavy atom. The predicted molar refractivity (Wildman–Crippen MR) is 72.6 cm³/mol. The number of carbonyl (C=O) groups excluding carboxylic acids is 1. The number of halogens is 2. The van der Waals surface area contributed by atoms with Crippen LogP contribution in [0.3, 0.4) is 0 Å². The number of carbonyl (C=O) groups is 1. The minimum atomic E-state index is -0.449. The van der Waals surface area contributed by atoms with Crippen molar-refractivity contribution in [1.29, 1.82) is 0 Å². The van der Waals surface area contributed by atoms with Crippen molar-refractivity contribution in [2.45, 2.75) is 6.92 Å². The number of ketones is 1. The molecule has 19 heavy (non-hydrogen) atoms. The van der Waals surface area contributed by atoms with Crippen molar-refractivity contribution in [3.63, 3.8) is 0 Å². The molecule has 0 unspecified atom stereocenters. The lowest BCUT2D eigenvalue weighted by Gasteiger charge is -2.10. The third-order valence-corrected chi connectivity index (χ3v) is 3.09. The lowest BCUT2D eigenvalue weighted by atomic mass is 9.98. The Morgan fingerprint density at radius 3 is 2.58 bits per heavy atom. The minimum absolute atomic E-state index is 0.306. The van der Waals surface area contributed by atoms with Gasteiger partial charge in [-0.1, -0.05) is 17.7 Å². The van der Waals surface area contributed by atoms with E-state index in [4.69, 9.17) is 16.3 Å². The molecule has 0 aliphatic carbocycles. The largest absolute Gasteiger partial charge is 0.496 e. The monoisotopic (exact) mass is 278 g/mol. The van der Waals surface area contributed by atoms with Gasteiger partial charge in [-0.3, -0.25) is 4.79 Å². The summed E-state index contributed by atoms with van der Waals surface area (Å²) in [5.41, 5.74) is 1.33. The molecule has 98 valence electrons. The molecule has 0 spiro atoms. The predicted octanol–water partition coefficient (Wildman–Crippen LogP) is 4.03. The van der Waals surface area contributed by atoms with Crippen LogP contribution in [0.2, 0.25) is 5.02 Å². The molecule has 0 amide bonds. The molecule has 2 aromatic rings. The van der Waals surface area contributed by atoms with E-state index in [2.05, 4.69) is 0 Å². The molecule has 0 saturated heterocycles. The summed E-state index contributed by atoms with van der Waals surface area (Å²) in [5.74, 6) is -0.343. The first kappa shape index (κ1) is 13.6. The first-order valence-electron chi connectivity index (χ1n) is 5.67. The Kier molecular flexibility index (Phi) is 3.86. The number of methoxy groups -OCH3 is 1. The molecule has 0 heterocycles. The molecule has 0 aliphatic heterocycles. The van der Waals surface area contributed by atoms with Gasteiger partial charge in [0.2, 0.25) is 0 Å². The lowest BCUT2D eigenvalue weighted by molar-refractivity contribution is 0.103. The third kappa shape index (κ3) is 2.76. The van der Waals surface area contributed by atoms with Crippen LogP contribution in [0.1, 0.15) is 21.5 Å². The van der Waals surface area contributed by atoms with Crippen LogP contribution in [0.15, 0.2) is 36.4 Å². The van der Waals surface area contributed by atoms with Crippen LogP contribution in [0.4, 0.5) is 4.39 Å². The van der Waals surface area contributed by atoms with Gasteiger partial charge in [-0.15, -0.1) is 0 Å². The summed E-state index contributed by atoms with van der Waals surface area (Å²) in [7, 11) is 1.47. The molecule has 0 aromatic heterocycles. The van der Waals surface area contributed by atoms with Gasteiger partial charge in [-0.05, 0) is 42.8 Å². The van der Waals surface area contributed by atoms with Crippen LogP contribution in [0.25, 0.3) is 0 Å². The van der Waals surface area contributed by atoms with Gasteiger partial charge in [0.1, 0.15) is 11.6 Å². The van der Waals surface area contributed by atoms with Gasteiger partial charge in [0.15, 0.2) is 5.78 Å². The highest BCUT2D eigenvalue weighted by Gasteiger charge is 2.17. The van der Waals surface area contributed by atoms with E-state index in [0.717, 1.165) is 0 Å². The van der Waals surface area contributed by atoms with E-state index >= 15 is 0 Å². The third-order valence-electron chi connectivity index (χ3n) is 2.85. The average molecular weight is 279 g/mol. The van der Waals surface area contributed by atoms with Gasteiger partial charge >= 0.3 is 0 Å². The van der Waals surface area contributed by atoms with Crippen molar-refractivity contribution < 1.29 is 13.9 Å². The van der Waals surface area contributed by atoms with Gasteiger partial charge in [-0.25, -0.2) is 4.39 Å². The highest BCUT2D eigenvalue weighted by Crippen LogP contribution is 2.26. The molecule has 0 aliphatic rings. The van der Waals surface area contributed by atoms with E-state index in [0.29, 0.717) is 27.5 Å². The van der Waals surface area contributed by atoms with Crippen LogP contribution in [0, 0.1) is 12.7 Å². The number of benzene rings is 2. The van der Waals surface area contributed by atoms with E-state index in [1.54, 1.807) is 25.1 Å². The zero-order valence-electron chi connectivity index (χ0n) is 10.5. The van der Waals surface area contributed by atoms with Crippen LogP contribution >= 0.6 is 11.6 Å². The number of hydrogen-bond acceptors (Lipinski definition) is 2. The van der Waals surface area contributed by atoms with Crippen molar-refractivity contribution in [2.24, 2.45) is 0 Å². The summed E-state index contributed by atoms with van der Waals surface area (Å²) in [6.45, 7) is 1.75. The van der Waals surface area contributed by atoms with Crippen molar-refractivity contribution in [1.82, 2.24) is 0 Å². The Morgan fingerprint density at radius 2 is 1.89 bits per heavy atom. The fraction of sp³-hybridized carbons (Fsp3) is 0.133. The summed E-state index contributed by atoms with van der Waals surface area (Å²) >= 11 is 5.89. The molecule has 4 heteroatoms. The Hall–Kier alpha value is -1.87. The SMILES string of the molecule is COc1ccc(Cl)cc1C(=O)c1cc(F)ccc1C. The second-order valence-corrected chi connectivity index (χ2v) is 4.57. The quantitative estimate of drug-likeness (QED) is 0.793. The standard InChI is InChI=1S/C15H12ClFO2/c1-9-3-5-11(17)8-12(9)15(18)13-7-10(16)4-6-14(13)19-2/h3-8H,1-2H3. The Labute approximate surface area is 115 Å². The fourth-order valence-corrected chi connectivity index (χ4v) is 2.01. The van der Waals surface area contributed by atoms with E-state index in [9.17, 15) is 9.18 Å². The van der Waals surface area contributed by atoms with Gasteiger partial charge in [-0.2, -0.15) is 0 Å². The molecular weight excluding hydrogens is 267 g/mol. The zero-order chi connectivity index (χ0) is 14.0. The summed E-state index contributed by atoms with van der Waals surface area (Å²) in [4.78, 5) is 12.4. The zero-order valence-corrected chi connectivity index (χ0v) is 11.3. The molecule has 2 rings (SSSR count). The number of rotatable bonds is 3. The summed E-state index contributed by atoms with van der Waals surface area (Å²) in [5, 5.41) is 0.429. The average Bonchev–Trinajstić information content (AvgIpc) is 2.40. The molecule has 0 bridgehead atoms. The molecule has 0 atom stereocenters. The van der Waals surface area contributed by atoms with E-state index in [1.165, 1.54) is 25.3 Å². The van der Waals surface area contributed by atoms with E-state index in [-0.39, 0.29) is 5.78 Å². The first-order chi connectivity index (χ1) is 9.02. The maximum absolute atomic E-state index is 13.3. The molecule has 2 nitrogen and oxygen atoms in total. The molecule has 0 radical (unpaired) electrons. The van der Waals surface area contributed by atoms with E-state index in [1.807, 2.05) is 0 Å². The maximum atomic E-state index is 13.3. The smallest absolute Gasteiger partial charge is 0.197 e. The van der Waals surface area contributed by atoms with Crippen molar-refractivity contribution in [2.75, 3.05) is 7.11 Å². The van der Waals surface area contributed by atoms with Gasteiger partial charge in [0.05, 0.1) is 12.7 Å². The van der Waals surface area contributed by atoms with Crippen molar-refractivity contribution in [3.05, 3.63) is 63.9 Å². The fourth-order valence-electron chi connectivity index (χ4n) is 1.84. The second kappa shape index (κ2) is 5.41. The molecule has 0 N–H and O–H groups in total. The van der Waals surface area contributed by atoms with Crippen LogP contribution in [0.5, 0.6) is 5.75 Å². The normalized spacial score (nSPS) is 10.3. The lowest BCUT2D eigenvalue weighted by Crippen LogP contribution is -2.06. The first-order valence-corrected chi connectivity index (χ1v) is 6.05. The topological polar surface area (TPSA) is 26.3 Å². The van der Waals surface area contributed by atoms with Crippen LogP contribution < -0.4 is 4.74 Å². The highest BCUT2D eigenvalue weighted by molar-refractivity contribution is 6.31. The molecule has 2 aromatic carbocycles. The maximum Gasteiger partial charge on any atom is 0.197 e. The highest BCUT2D eigenvalue weighted by atomic mass is 35.5. The van der Waals surface area contributed by atoms with Gasteiger partial charge in [0.25, 0.3) is 0 Å². The van der Waals surface area contributed by atoms with Crippen LogP contribution in [-0.2, 0) is 0 Å². The Bertz CT molecular complexity index is 638. The summed E-state index contributed by atoms with van der Waals surface area (Å²) < 4.78 is 18.4. The van der Waals surface area contributed by atoms with Crippen molar-refractivity contribution in [3.8, 4) is 5.75 Å².